The van der Waals surface area contributed by atoms with Crippen LogP contribution in [0.1, 0.15) is 69.4 Å². The van der Waals surface area contributed by atoms with E-state index in [2.05, 4.69) is 13.0 Å². The summed E-state index contributed by atoms with van der Waals surface area (Å²) in [5.74, 6) is 0.589. The lowest BCUT2D eigenvalue weighted by Gasteiger charge is -2.07. The molecule has 0 saturated heterocycles. The van der Waals surface area contributed by atoms with E-state index in [0.29, 0.717) is 11.3 Å². The molecule has 0 heterocycles. The average Bonchev–Trinajstić information content (AvgIpc) is 2.89. The third-order valence-corrected chi connectivity index (χ3v) is 4.49. The third kappa shape index (κ3) is 4.56. The fourth-order valence-electron chi connectivity index (χ4n) is 3.11. The average molecular weight is 295 g/mol. The molecule has 2 rings (SSSR count). The molecular formula is C20H25NO. The highest BCUT2D eigenvalue weighted by molar-refractivity contribution is 6.03. The van der Waals surface area contributed by atoms with Crippen molar-refractivity contribution < 1.29 is 4.79 Å². The summed E-state index contributed by atoms with van der Waals surface area (Å²) < 4.78 is 0. The van der Waals surface area contributed by atoms with Gasteiger partial charge in [-0.05, 0) is 48.6 Å². The number of hydrogen-bond acceptors (Lipinski definition) is 2. The van der Waals surface area contributed by atoms with Gasteiger partial charge in [0.15, 0.2) is 5.78 Å². The van der Waals surface area contributed by atoms with E-state index in [1.807, 2.05) is 18.2 Å². The van der Waals surface area contributed by atoms with Gasteiger partial charge in [-0.2, -0.15) is 5.26 Å². The molecule has 2 nitrogen and oxygen atoms in total. The Morgan fingerprint density at radius 1 is 1.18 bits per heavy atom. The van der Waals surface area contributed by atoms with Gasteiger partial charge in [0.05, 0.1) is 11.6 Å². The zero-order valence-electron chi connectivity index (χ0n) is 13.5. The maximum atomic E-state index is 12.4. The van der Waals surface area contributed by atoms with Gasteiger partial charge in [0.2, 0.25) is 0 Å². The molecule has 1 aromatic rings. The molecular weight excluding hydrogens is 270 g/mol. The van der Waals surface area contributed by atoms with Gasteiger partial charge < -0.3 is 0 Å². The number of benzene rings is 1. The van der Waals surface area contributed by atoms with E-state index in [4.69, 9.17) is 5.26 Å². The molecule has 0 bridgehead atoms. The predicted molar refractivity (Wildman–Crippen MR) is 90.2 cm³/mol. The van der Waals surface area contributed by atoms with E-state index < -0.39 is 0 Å². The number of carbonyl (C=O) groups is 1. The molecule has 1 aliphatic carbocycles. The van der Waals surface area contributed by atoms with Crippen LogP contribution in [0, 0.1) is 17.2 Å². The van der Waals surface area contributed by atoms with Crippen LogP contribution in [0.3, 0.4) is 0 Å². The fraction of sp³-hybridized carbons (Fsp3) is 0.500. The zero-order valence-corrected chi connectivity index (χ0v) is 13.5. The molecule has 1 aromatic carbocycles. The first-order chi connectivity index (χ1) is 10.7. The molecule has 1 aliphatic rings. The lowest BCUT2D eigenvalue weighted by molar-refractivity contribution is -0.117. The number of nitriles is 1. The Hall–Kier alpha value is -1.88. The summed E-state index contributed by atoms with van der Waals surface area (Å²) in [5.41, 5.74) is 2.64. The molecule has 1 fully saturated rings. The van der Waals surface area contributed by atoms with Crippen LogP contribution in [0.25, 0.3) is 6.08 Å². The Morgan fingerprint density at radius 3 is 2.59 bits per heavy atom. The van der Waals surface area contributed by atoms with E-state index >= 15 is 0 Å². The highest BCUT2D eigenvalue weighted by Crippen LogP contribution is 2.32. The van der Waals surface area contributed by atoms with E-state index in [1.54, 1.807) is 12.1 Å². The molecule has 0 aliphatic heterocycles. The second kappa shape index (κ2) is 8.54. The quantitative estimate of drug-likeness (QED) is 0.507. The predicted octanol–water partition coefficient (Wildman–Crippen LogP) is 5.28. The first-order valence-corrected chi connectivity index (χ1v) is 8.49. The number of nitrogens with zero attached hydrogens (tertiary/aromatic N) is 1. The lowest BCUT2D eigenvalue weighted by Crippen LogP contribution is -2.07. The van der Waals surface area contributed by atoms with Crippen LogP contribution < -0.4 is 0 Å². The highest BCUT2D eigenvalue weighted by Gasteiger charge is 2.28. The van der Waals surface area contributed by atoms with Crippen LogP contribution in [0.15, 0.2) is 29.8 Å². The maximum Gasteiger partial charge on any atom is 0.161 e. The number of hydrogen-bond donors (Lipinski definition) is 0. The van der Waals surface area contributed by atoms with Gasteiger partial charge in [0.1, 0.15) is 0 Å². The van der Waals surface area contributed by atoms with Crippen molar-refractivity contribution in [3.8, 4) is 6.07 Å². The van der Waals surface area contributed by atoms with E-state index in [1.165, 1.54) is 32.1 Å². The van der Waals surface area contributed by atoms with Crippen LogP contribution in [0.2, 0.25) is 0 Å². The SMILES string of the molecule is CCCCCCCC1CCC(=Cc2ccc(C#N)cc2)C1=O. The molecule has 1 unspecified atom stereocenters. The fourth-order valence-corrected chi connectivity index (χ4v) is 3.11. The van der Waals surface area contributed by atoms with Crippen LogP contribution in [0.4, 0.5) is 0 Å². The summed E-state index contributed by atoms with van der Waals surface area (Å²) in [4.78, 5) is 12.4. The molecule has 0 radical (unpaired) electrons. The maximum absolute atomic E-state index is 12.4. The normalized spacial score (nSPS) is 19.5. The number of unbranched alkanes of at least 4 members (excludes halogenated alkanes) is 4. The second-order valence-electron chi connectivity index (χ2n) is 6.21. The van der Waals surface area contributed by atoms with Crippen molar-refractivity contribution in [3.63, 3.8) is 0 Å². The first kappa shape index (κ1) is 16.5. The van der Waals surface area contributed by atoms with Crippen molar-refractivity contribution in [2.45, 2.75) is 58.3 Å². The van der Waals surface area contributed by atoms with Crippen molar-refractivity contribution in [2.75, 3.05) is 0 Å². The number of rotatable bonds is 7. The Bertz CT molecular complexity index is 562. The van der Waals surface area contributed by atoms with E-state index in [0.717, 1.165) is 30.4 Å². The minimum Gasteiger partial charge on any atom is -0.294 e. The molecule has 1 saturated carbocycles. The molecule has 0 amide bonds. The minimum atomic E-state index is 0.242. The summed E-state index contributed by atoms with van der Waals surface area (Å²) in [5, 5.41) is 8.81. The molecule has 0 spiro atoms. The van der Waals surface area contributed by atoms with Gasteiger partial charge in [0.25, 0.3) is 0 Å². The van der Waals surface area contributed by atoms with Gasteiger partial charge in [-0.15, -0.1) is 0 Å². The van der Waals surface area contributed by atoms with Crippen LogP contribution >= 0.6 is 0 Å². The number of Topliss-reactive ketones (excluding diaryl/α,β-unsaturated/α-hetero) is 1. The van der Waals surface area contributed by atoms with Gasteiger partial charge in [0, 0.05) is 5.92 Å². The van der Waals surface area contributed by atoms with E-state index in [-0.39, 0.29) is 5.92 Å². The highest BCUT2D eigenvalue weighted by atomic mass is 16.1. The molecule has 116 valence electrons. The lowest BCUT2D eigenvalue weighted by atomic mass is 9.97. The first-order valence-electron chi connectivity index (χ1n) is 8.49. The van der Waals surface area contributed by atoms with Gasteiger partial charge in [-0.25, -0.2) is 0 Å². The Labute approximate surface area is 133 Å². The Kier molecular flexibility index (Phi) is 6.40. The number of carbonyl (C=O) groups excluding carboxylic acids is 1. The summed E-state index contributed by atoms with van der Waals surface area (Å²) in [6.45, 7) is 2.22. The van der Waals surface area contributed by atoms with Crippen LogP contribution in [-0.2, 0) is 4.79 Å². The van der Waals surface area contributed by atoms with E-state index in [9.17, 15) is 4.79 Å². The molecule has 2 heteroatoms. The van der Waals surface area contributed by atoms with Gasteiger partial charge in [-0.3, -0.25) is 4.79 Å². The minimum absolute atomic E-state index is 0.242. The number of allylic oxidation sites excluding steroid dienone is 1. The van der Waals surface area contributed by atoms with Crippen molar-refractivity contribution in [1.29, 1.82) is 5.26 Å². The van der Waals surface area contributed by atoms with Gasteiger partial charge in [-0.1, -0.05) is 51.2 Å². The summed E-state index contributed by atoms with van der Waals surface area (Å²) >= 11 is 0. The molecule has 22 heavy (non-hydrogen) atoms. The molecule has 0 aromatic heterocycles. The Balaban J connectivity index is 1.87. The molecule has 0 N–H and O–H groups in total. The third-order valence-electron chi connectivity index (χ3n) is 4.49. The summed E-state index contributed by atoms with van der Waals surface area (Å²) in [6, 6.07) is 9.55. The zero-order chi connectivity index (χ0) is 15.8. The van der Waals surface area contributed by atoms with Crippen LogP contribution in [-0.4, -0.2) is 5.78 Å². The Morgan fingerprint density at radius 2 is 1.91 bits per heavy atom. The van der Waals surface area contributed by atoms with Crippen LogP contribution in [0.5, 0.6) is 0 Å². The smallest absolute Gasteiger partial charge is 0.161 e. The van der Waals surface area contributed by atoms with Crippen molar-refractivity contribution in [3.05, 3.63) is 41.0 Å². The van der Waals surface area contributed by atoms with Crippen molar-refractivity contribution in [1.82, 2.24) is 0 Å². The standard InChI is InChI=1S/C20H25NO/c1-2-3-4-5-6-7-18-12-13-19(20(18)22)14-16-8-10-17(15-21)11-9-16/h8-11,14,18H,2-7,12-13H2,1H3. The number of ketones is 1. The largest absolute Gasteiger partial charge is 0.294 e. The second-order valence-corrected chi connectivity index (χ2v) is 6.21. The summed E-state index contributed by atoms with van der Waals surface area (Å²) in [6.07, 6.45) is 11.3. The van der Waals surface area contributed by atoms with Crippen molar-refractivity contribution in [2.24, 2.45) is 5.92 Å². The summed E-state index contributed by atoms with van der Waals surface area (Å²) in [7, 11) is 0. The topological polar surface area (TPSA) is 40.9 Å². The molecule has 1 atom stereocenters. The monoisotopic (exact) mass is 295 g/mol. The van der Waals surface area contributed by atoms with Crippen molar-refractivity contribution >= 4 is 11.9 Å². The van der Waals surface area contributed by atoms with Gasteiger partial charge >= 0.3 is 0 Å².